The zero-order chi connectivity index (χ0) is 14.9. The van der Waals surface area contributed by atoms with Gasteiger partial charge in [-0.1, -0.05) is 6.92 Å². The molecular formula is C16H27N3OS. The van der Waals surface area contributed by atoms with E-state index in [-0.39, 0.29) is 5.60 Å². The first-order valence-corrected chi connectivity index (χ1v) is 9.24. The van der Waals surface area contributed by atoms with E-state index in [1.165, 1.54) is 35.6 Å². The average molecular weight is 309 g/mol. The van der Waals surface area contributed by atoms with E-state index in [4.69, 9.17) is 4.74 Å². The molecule has 0 aliphatic carbocycles. The van der Waals surface area contributed by atoms with E-state index in [1.54, 1.807) is 0 Å². The van der Waals surface area contributed by atoms with Crippen LogP contribution in [0.25, 0.3) is 0 Å². The summed E-state index contributed by atoms with van der Waals surface area (Å²) in [5.41, 5.74) is 2.80. The van der Waals surface area contributed by atoms with E-state index in [9.17, 15) is 0 Å². The Bertz CT molecular complexity index is 482. The summed E-state index contributed by atoms with van der Waals surface area (Å²) >= 11 is 2.05. The quantitative estimate of drug-likeness (QED) is 0.928. The maximum Gasteiger partial charge on any atom is 0.0783 e. The van der Waals surface area contributed by atoms with Crippen molar-refractivity contribution in [3.63, 3.8) is 0 Å². The van der Waals surface area contributed by atoms with Crippen LogP contribution in [0.5, 0.6) is 0 Å². The summed E-state index contributed by atoms with van der Waals surface area (Å²) in [5, 5.41) is 8.16. The molecule has 1 N–H and O–H groups in total. The Balaban J connectivity index is 1.81. The minimum atomic E-state index is 0.150. The van der Waals surface area contributed by atoms with Crippen molar-refractivity contribution in [2.24, 2.45) is 13.0 Å². The number of nitrogens with zero attached hydrogens (tertiary/aromatic N) is 2. The summed E-state index contributed by atoms with van der Waals surface area (Å²) in [6.07, 6.45) is 5.61. The molecule has 0 amide bonds. The number of thioether (sulfide) groups is 1. The largest absolute Gasteiger partial charge is 0.374 e. The van der Waals surface area contributed by atoms with Crippen molar-refractivity contribution in [2.75, 3.05) is 24.7 Å². The van der Waals surface area contributed by atoms with Gasteiger partial charge in [-0.3, -0.25) is 4.68 Å². The number of aryl methyl sites for hydroxylation is 1. The molecule has 0 saturated carbocycles. The molecule has 21 heavy (non-hydrogen) atoms. The van der Waals surface area contributed by atoms with Crippen molar-refractivity contribution in [1.82, 2.24) is 15.1 Å². The van der Waals surface area contributed by atoms with Crippen molar-refractivity contribution in [2.45, 2.75) is 44.8 Å². The predicted molar refractivity (Wildman–Crippen MR) is 87.7 cm³/mol. The van der Waals surface area contributed by atoms with E-state index in [2.05, 4.69) is 24.3 Å². The summed E-state index contributed by atoms with van der Waals surface area (Å²) in [6.45, 7) is 6.27. The summed E-state index contributed by atoms with van der Waals surface area (Å²) < 4.78 is 8.17. The molecule has 2 aliphatic heterocycles. The third kappa shape index (κ3) is 3.01. The van der Waals surface area contributed by atoms with Gasteiger partial charge in [-0.05, 0) is 44.4 Å². The third-order valence-corrected chi connectivity index (χ3v) is 6.32. The molecule has 1 aromatic heterocycles. The Morgan fingerprint density at radius 1 is 1.62 bits per heavy atom. The van der Waals surface area contributed by atoms with Gasteiger partial charge >= 0.3 is 0 Å². The van der Waals surface area contributed by atoms with Crippen LogP contribution in [0.15, 0.2) is 6.20 Å². The molecule has 0 bridgehead atoms. The first kappa shape index (κ1) is 15.4. The lowest BCUT2D eigenvalue weighted by atomic mass is 9.79. The molecule has 0 radical (unpaired) electrons. The highest BCUT2D eigenvalue weighted by molar-refractivity contribution is 7.99. The average Bonchev–Trinajstić information content (AvgIpc) is 3.06. The minimum absolute atomic E-state index is 0.150. The van der Waals surface area contributed by atoms with Crippen LogP contribution < -0.4 is 5.32 Å². The zero-order valence-electron chi connectivity index (χ0n) is 13.4. The summed E-state index contributed by atoms with van der Waals surface area (Å²) in [5.74, 6) is 3.08. The molecule has 3 atom stereocenters. The second-order valence-electron chi connectivity index (χ2n) is 6.43. The smallest absolute Gasteiger partial charge is 0.0783 e. The lowest BCUT2D eigenvalue weighted by molar-refractivity contribution is -0.0853. The van der Waals surface area contributed by atoms with Gasteiger partial charge in [0.15, 0.2) is 0 Å². The summed E-state index contributed by atoms with van der Waals surface area (Å²) in [6, 6.07) is 0.412. The van der Waals surface area contributed by atoms with Crippen LogP contribution in [0.1, 0.15) is 43.5 Å². The molecule has 3 rings (SSSR count). The Labute approximate surface area is 132 Å². The third-order valence-electron chi connectivity index (χ3n) is 5.10. The van der Waals surface area contributed by atoms with Crippen LogP contribution in [0.4, 0.5) is 0 Å². The fraction of sp³-hybridized carbons (Fsp3) is 0.812. The lowest BCUT2D eigenvalue weighted by Crippen LogP contribution is -2.43. The minimum Gasteiger partial charge on any atom is -0.374 e. The van der Waals surface area contributed by atoms with Crippen molar-refractivity contribution < 1.29 is 4.74 Å². The molecule has 2 aliphatic rings. The van der Waals surface area contributed by atoms with Crippen LogP contribution in [0, 0.1) is 12.8 Å². The van der Waals surface area contributed by atoms with Gasteiger partial charge in [0.1, 0.15) is 0 Å². The number of nitrogens with one attached hydrogen (secondary N) is 1. The Morgan fingerprint density at radius 3 is 3.10 bits per heavy atom. The van der Waals surface area contributed by atoms with Crippen molar-refractivity contribution in [3.05, 3.63) is 17.5 Å². The van der Waals surface area contributed by atoms with Gasteiger partial charge in [0, 0.05) is 36.7 Å². The molecule has 5 heteroatoms. The van der Waals surface area contributed by atoms with Crippen molar-refractivity contribution in [3.8, 4) is 0 Å². The normalized spacial score (nSPS) is 30.9. The highest BCUT2D eigenvalue weighted by Gasteiger charge is 2.43. The lowest BCUT2D eigenvalue weighted by Gasteiger charge is -2.41. The first-order valence-electron chi connectivity index (χ1n) is 8.09. The van der Waals surface area contributed by atoms with Crippen LogP contribution in [-0.2, 0) is 11.8 Å². The highest BCUT2D eigenvalue weighted by Crippen LogP contribution is 2.44. The summed E-state index contributed by atoms with van der Waals surface area (Å²) in [4.78, 5) is 0. The van der Waals surface area contributed by atoms with Crippen LogP contribution >= 0.6 is 11.8 Å². The zero-order valence-corrected chi connectivity index (χ0v) is 14.2. The number of rotatable bonds is 4. The van der Waals surface area contributed by atoms with Crippen LogP contribution in [-0.4, -0.2) is 40.0 Å². The molecule has 1 aromatic rings. The molecule has 118 valence electrons. The van der Waals surface area contributed by atoms with Crippen molar-refractivity contribution in [1.29, 1.82) is 0 Å². The molecule has 1 spiro atoms. The number of hydrogen-bond donors (Lipinski definition) is 1. The second-order valence-corrected chi connectivity index (χ2v) is 7.54. The van der Waals surface area contributed by atoms with E-state index >= 15 is 0 Å². The maximum atomic E-state index is 6.19. The molecule has 2 fully saturated rings. The molecule has 3 heterocycles. The van der Waals surface area contributed by atoms with Gasteiger partial charge in [0.05, 0.1) is 11.8 Å². The number of aromatic nitrogens is 2. The standard InChI is InChI=1S/C16H27N3OS/c1-4-17-15(14-10-18-19(3)12(14)2)13-5-7-20-16(9-13)6-8-21-11-16/h10,13,15,17H,4-9,11H2,1-3H3. The van der Waals surface area contributed by atoms with E-state index in [0.29, 0.717) is 12.0 Å². The van der Waals surface area contributed by atoms with Crippen LogP contribution in [0.3, 0.4) is 0 Å². The van der Waals surface area contributed by atoms with Crippen LogP contribution in [0.2, 0.25) is 0 Å². The molecule has 4 nitrogen and oxygen atoms in total. The van der Waals surface area contributed by atoms with Gasteiger partial charge in [0.25, 0.3) is 0 Å². The van der Waals surface area contributed by atoms with Gasteiger partial charge < -0.3 is 10.1 Å². The molecule has 2 saturated heterocycles. The number of hydrogen-bond acceptors (Lipinski definition) is 4. The Kier molecular flexibility index (Phi) is 4.62. The Hall–Kier alpha value is -0.520. The van der Waals surface area contributed by atoms with E-state index < -0.39 is 0 Å². The summed E-state index contributed by atoms with van der Waals surface area (Å²) in [7, 11) is 2.03. The van der Waals surface area contributed by atoms with E-state index in [0.717, 1.165) is 19.6 Å². The maximum absolute atomic E-state index is 6.19. The molecular weight excluding hydrogens is 282 g/mol. The monoisotopic (exact) mass is 309 g/mol. The fourth-order valence-electron chi connectivity index (χ4n) is 3.78. The fourth-order valence-corrected chi connectivity index (χ4v) is 5.16. The van der Waals surface area contributed by atoms with Gasteiger partial charge in [-0.2, -0.15) is 16.9 Å². The SMILES string of the molecule is CCNC(c1cnn(C)c1C)C1CCOC2(CCSC2)C1. The van der Waals surface area contributed by atoms with E-state index in [1.807, 2.05) is 29.7 Å². The van der Waals surface area contributed by atoms with Gasteiger partial charge in [0.2, 0.25) is 0 Å². The number of ether oxygens (including phenoxy) is 1. The molecule has 3 unspecified atom stereocenters. The highest BCUT2D eigenvalue weighted by atomic mass is 32.2. The first-order chi connectivity index (χ1) is 10.2. The van der Waals surface area contributed by atoms with Gasteiger partial charge in [-0.15, -0.1) is 0 Å². The van der Waals surface area contributed by atoms with Gasteiger partial charge in [-0.25, -0.2) is 0 Å². The van der Waals surface area contributed by atoms with Crippen molar-refractivity contribution >= 4 is 11.8 Å². The predicted octanol–water partition coefficient (Wildman–Crippen LogP) is 2.68. The second kappa shape index (κ2) is 6.31. The Morgan fingerprint density at radius 2 is 2.48 bits per heavy atom. The molecule has 0 aromatic carbocycles. The topological polar surface area (TPSA) is 39.1 Å².